The van der Waals surface area contributed by atoms with Crippen molar-refractivity contribution >= 4 is 11.6 Å². The summed E-state index contributed by atoms with van der Waals surface area (Å²) in [4.78, 5) is 2.48. The Kier molecular flexibility index (Phi) is 5.21. The summed E-state index contributed by atoms with van der Waals surface area (Å²) in [5, 5.41) is 3.77. The molecular formula is C17H24ClFN2O. The first-order chi connectivity index (χ1) is 10.7. The van der Waals surface area contributed by atoms with E-state index in [2.05, 4.69) is 10.2 Å². The van der Waals surface area contributed by atoms with E-state index in [1.807, 2.05) is 13.0 Å². The third-order valence-corrected chi connectivity index (χ3v) is 5.07. The second-order valence-electron chi connectivity index (χ2n) is 6.17. The van der Waals surface area contributed by atoms with Crippen molar-refractivity contribution in [2.45, 2.75) is 32.2 Å². The number of piperazine rings is 1. The molecule has 0 bridgehead atoms. The summed E-state index contributed by atoms with van der Waals surface area (Å²) < 4.78 is 19.7. The van der Waals surface area contributed by atoms with Crippen LogP contribution in [0.3, 0.4) is 0 Å². The zero-order chi connectivity index (χ0) is 15.5. The molecule has 5 heteroatoms. The van der Waals surface area contributed by atoms with Crippen LogP contribution < -0.4 is 10.1 Å². The fraction of sp³-hybridized carbons (Fsp3) is 0.647. The summed E-state index contributed by atoms with van der Waals surface area (Å²) >= 11 is 6.27. The molecule has 1 N–H and O–H groups in total. The minimum atomic E-state index is -0.344. The van der Waals surface area contributed by atoms with Crippen LogP contribution in [0.4, 0.5) is 4.39 Å². The highest BCUT2D eigenvalue weighted by atomic mass is 35.5. The maximum absolute atomic E-state index is 14.4. The third-order valence-electron chi connectivity index (χ3n) is 4.79. The molecule has 1 saturated carbocycles. The molecule has 0 unspecified atom stereocenters. The number of ether oxygens (including phenoxy) is 1. The number of halogens is 2. The Hall–Kier alpha value is -0.840. The van der Waals surface area contributed by atoms with Crippen LogP contribution >= 0.6 is 11.6 Å². The van der Waals surface area contributed by atoms with Crippen LogP contribution in [-0.2, 0) is 0 Å². The van der Waals surface area contributed by atoms with E-state index in [1.165, 1.54) is 19.3 Å². The van der Waals surface area contributed by atoms with Crippen molar-refractivity contribution in [2.75, 3.05) is 32.8 Å². The van der Waals surface area contributed by atoms with E-state index in [4.69, 9.17) is 16.3 Å². The Morgan fingerprint density at radius 3 is 2.64 bits per heavy atom. The summed E-state index contributed by atoms with van der Waals surface area (Å²) in [6.07, 6.45) is 3.72. The molecule has 0 aromatic heterocycles. The Balaban J connectivity index is 1.90. The van der Waals surface area contributed by atoms with Crippen molar-refractivity contribution in [3.8, 4) is 5.75 Å². The summed E-state index contributed by atoms with van der Waals surface area (Å²) in [7, 11) is 0. The number of benzene rings is 1. The Morgan fingerprint density at radius 1 is 1.36 bits per heavy atom. The second kappa shape index (κ2) is 7.16. The van der Waals surface area contributed by atoms with Crippen LogP contribution in [0.1, 0.15) is 37.8 Å². The Morgan fingerprint density at radius 2 is 2.09 bits per heavy atom. The smallest absolute Gasteiger partial charge is 0.173 e. The van der Waals surface area contributed by atoms with E-state index < -0.39 is 0 Å². The Labute approximate surface area is 136 Å². The van der Waals surface area contributed by atoms with Crippen molar-refractivity contribution in [2.24, 2.45) is 5.92 Å². The van der Waals surface area contributed by atoms with Gasteiger partial charge in [0.15, 0.2) is 11.6 Å². The molecule has 0 radical (unpaired) electrons. The van der Waals surface area contributed by atoms with Crippen LogP contribution in [0, 0.1) is 11.7 Å². The lowest BCUT2D eigenvalue weighted by Gasteiger charge is -2.43. The van der Waals surface area contributed by atoms with E-state index in [1.54, 1.807) is 6.07 Å². The minimum absolute atomic E-state index is 0.181. The van der Waals surface area contributed by atoms with Gasteiger partial charge in [-0.15, -0.1) is 0 Å². The highest BCUT2D eigenvalue weighted by molar-refractivity contribution is 6.32. The van der Waals surface area contributed by atoms with Gasteiger partial charge in [0.05, 0.1) is 11.6 Å². The zero-order valence-corrected chi connectivity index (χ0v) is 13.8. The standard InChI is InChI=1S/C17H24ClFN2O/c1-2-22-17-14(18)10-13(11-15(17)19)16(12-4-3-5-12)21-8-6-20-7-9-21/h10-12,16,20H,2-9H2,1H3/t16-/m0/s1. The van der Waals surface area contributed by atoms with Crippen molar-refractivity contribution in [3.05, 3.63) is 28.5 Å². The molecule has 2 fully saturated rings. The van der Waals surface area contributed by atoms with Gasteiger partial charge in [-0.3, -0.25) is 4.90 Å². The molecule has 1 atom stereocenters. The van der Waals surface area contributed by atoms with Gasteiger partial charge in [-0.1, -0.05) is 18.0 Å². The molecule has 0 spiro atoms. The molecule has 3 nitrogen and oxygen atoms in total. The largest absolute Gasteiger partial charge is 0.489 e. The van der Waals surface area contributed by atoms with Crippen molar-refractivity contribution in [1.29, 1.82) is 0 Å². The number of nitrogens with one attached hydrogen (secondary N) is 1. The maximum atomic E-state index is 14.4. The predicted octanol–water partition coefficient (Wildman–Crippen LogP) is 3.62. The predicted molar refractivity (Wildman–Crippen MR) is 87.1 cm³/mol. The van der Waals surface area contributed by atoms with Crippen molar-refractivity contribution in [1.82, 2.24) is 10.2 Å². The first kappa shape index (κ1) is 16.0. The summed E-state index contributed by atoms with van der Waals surface area (Å²) in [6.45, 7) is 6.26. The molecule has 122 valence electrons. The van der Waals surface area contributed by atoms with Crippen LogP contribution in [0.15, 0.2) is 12.1 Å². The number of hydrogen-bond donors (Lipinski definition) is 1. The fourth-order valence-corrected chi connectivity index (χ4v) is 3.80. The molecule has 0 amide bonds. The van der Waals surface area contributed by atoms with Gasteiger partial charge in [0.25, 0.3) is 0 Å². The van der Waals surface area contributed by atoms with Gasteiger partial charge in [0, 0.05) is 32.2 Å². The van der Waals surface area contributed by atoms with Gasteiger partial charge in [-0.2, -0.15) is 0 Å². The summed E-state index contributed by atoms with van der Waals surface area (Å²) in [6, 6.07) is 3.81. The molecular weight excluding hydrogens is 303 g/mol. The minimum Gasteiger partial charge on any atom is -0.489 e. The lowest BCUT2D eigenvalue weighted by Crippen LogP contribution is -2.47. The van der Waals surface area contributed by atoms with Crippen LogP contribution in [0.25, 0.3) is 0 Å². The lowest BCUT2D eigenvalue weighted by molar-refractivity contribution is 0.0834. The monoisotopic (exact) mass is 326 g/mol. The average Bonchev–Trinajstić information content (AvgIpc) is 2.47. The van der Waals surface area contributed by atoms with E-state index in [-0.39, 0.29) is 17.6 Å². The highest BCUT2D eigenvalue weighted by Crippen LogP contribution is 2.43. The fourth-order valence-electron chi connectivity index (χ4n) is 3.53. The quantitative estimate of drug-likeness (QED) is 0.894. The van der Waals surface area contributed by atoms with E-state index in [0.29, 0.717) is 17.5 Å². The molecule has 1 aliphatic heterocycles. The molecule has 1 heterocycles. The van der Waals surface area contributed by atoms with Gasteiger partial charge >= 0.3 is 0 Å². The van der Waals surface area contributed by atoms with Gasteiger partial charge in [0.1, 0.15) is 0 Å². The zero-order valence-electron chi connectivity index (χ0n) is 13.1. The van der Waals surface area contributed by atoms with Crippen LogP contribution in [0.2, 0.25) is 5.02 Å². The SMILES string of the molecule is CCOc1c(F)cc([C@H](C2CCC2)N2CCNCC2)cc1Cl. The molecule has 1 aliphatic carbocycles. The lowest BCUT2D eigenvalue weighted by atomic mass is 9.76. The number of rotatable bonds is 5. The van der Waals surface area contributed by atoms with Gasteiger partial charge in [0.2, 0.25) is 0 Å². The third kappa shape index (κ3) is 3.24. The van der Waals surface area contributed by atoms with Crippen LogP contribution in [-0.4, -0.2) is 37.7 Å². The Bertz CT molecular complexity index is 492. The van der Waals surface area contributed by atoms with Gasteiger partial charge in [-0.05, 0) is 43.4 Å². The summed E-state index contributed by atoms with van der Waals surface area (Å²) in [5.41, 5.74) is 0.998. The molecule has 22 heavy (non-hydrogen) atoms. The van der Waals surface area contributed by atoms with Crippen LogP contribution in [0.5, 0.6) is 5.75 Å². The maximum Gasteiger partial charge on any atom is 0.173 e. The molecule has 1 aromatic carbocycles. The highest BCUT2D eigenvalue weighted by Gasteiger charge is 2.34. The topological polar surface area (TPSA) is 24.5 Å². The van der Waals surface area contributed by atoms with Gasteiger partial charge < -0.3 is 10.1 Å². The molecule has 2 aliphatic rings. The van der Waals surface area contributed by atoms with E-state index >= 15 is 0 Å². The summed E-state index contributed by atoms with van der Waals surface area (Å²) in [5.74, 6) is 0.455. The van der Waals surface area contributed by atoms with E-state index in [9.17, 15) is 4.39 Å². The molecule has 1 aromatic rings. The van der Waals surface area contributed by atoms with Gasteiger partial charge in [-0.25, -0.2) is 4.39 Å². The first-order valence-electron chi connectivity index (χ1n) is 8.27. The van der Waals surface area contributed by atoms with Crippen molar-refractivity contribution in [3.63, 3.8) is 0 Å². The average molecular weight is 327 g/mol. The molecule has 3 rings (SSSR count). The first-order valence-corrected chi connectivity index (χ1v) is 8.65. The molecule has 1 saturated heterocycles. The number of nitrogens with zero attached hydrogens (tertiary/aromatic N) is 1. The normalized spacial score (nSPS) is 21.4. The second-order valence-corrected chi connectivity index (χ2v) is 6.58. The van der Waals surface area contributed by atoms with E-state index in [0.717, 1.165) is 31.7 Å². The number of hydrogen-bond acceptors (Lipinski definition) is 3. The van der Waals surface area contributed by atoms with Crippen molar-refractivity contribution < 1.29 is 9.13 Å².